The molecule has 2 aromatic heterocycles. The normalized spacial score (nSPS) is 13.1. The van der Waals surface area contributed by atoms with Crippen LogP contribution < -0.4 is 4.90 Å². The van der Waals surface area contributed by atoms with Crippen LogP contribution in [0.4, 0.5) is 17.1 Å². The van der Waals surface area contributed by atoms with Crippen LogP contribution in [-0.2, 0) is 5.41 Å². The first-order valence-electron chi connectivity index (χ1n) is 23.4. The second-order valence-electron chi connectivity index (χ2n) is 18.3. The molecule has 0 amide bonds. The smallest absolute Gasteiger partial charge is 0.144 e. The highest BCUT2D eigenvalue weighted by atomic mass is 16.3. The molecule has 0 radical (unpaired) electrons. The average Bonchev–Trinajstić information content (AvgIpc) is 4.13. The van der Waals surface area contributed by atoms with Crippen LogP contribution in [0.15, 0.2) is 245 Å². The van der Waals surface area contributed by atoms with Gasteiger partial charge in [-0.1, -0.05) is 182 Å². The average molecular weight is 866 g/mol. The Kier molecular flexibility index (Phi) is 7.71. The number of fused-ring (bicyclic) bond motifs is 17. The van der Waals surface area contributed by atoms with Crippen molar-refractivity contribution < 1.29 is 8.83 Å². The van der Waals surface area contributed by atoms with E-state index in [0.717, 1.165) is 83.2 Å². The first-order chi connectivity index (χ1) is 33.7. The van der Waals surface area contributed by atoms with E-state index in [1.165, 1.54) is 55.3 Å². The molecule has 0 saturated carbocycles. The van der Waals surface area contributed by atoms with Crippen molar-refractivity contribution in [2.24, 2.45) is 0 Å². The summed E-state index contributed by atoms with van der Waals surface area (Å²) in [5.74, 6) is 0. The van der Waals surface area contributed by atoms with Crippen molar-refractivity contribution in [1.82, 2.24) is 0 Å². The summed E-state index contributed by atoms with van der Waals surface area (Å²) in [6.45, 7) is 0. The van der Waals surface area contributed by atoms with Crippen molar-refractivity contribution in [3.05, 3.63) is 259 Å². The second-order valence-corrected chi connectivity index (χ2v) is 18.3. The summed E-state index contributed by atoms with van der Waals surface area (Å²) in [6.07, 6.45) is 0. The third-order valence-electron chi connectivity index (χ3n) is 14.9. The molecule has 0 unspecified atom stereocenters. The molecule has 1 spiro atoms. The van der Waals surface area contributed by atoms with Crippen LogP contribution in [0.25, 0.3) is 99.2 Å². The fourth-order valence-corrected chi connectivity index (χ4v) is 12.0. The summed E-state index contributed by atoms with van der Waals surface area (Å²) in [5.41, 5.74) is 20.9. The zero-order valence-electron chi connectivity index (χ0n) is 36.8. The van der Waals surface area contributed by atoms with Crippen molar-refractivity contribution in [1.29, 1.82) is 0 Å². The van der Waals surface area contributed by atoms with Gasteiger partial charge < -0.3 is 13.7 Å². The summed E-state index contributed by atoms with van der Waals surface area (Å²) in [5, 5.41) is 6.54. The number of benzene rings is 11. The molecule has 3 heteroatoms. The van der Waals surface area contributed by atoms with Gasteiger partial charge in [-0.2, -0.15) is 0 Å². The predicted octanol–water partition coefficient (Wildman–Crippen LogP) is 17.8. The van der Waals surface area contributed by atoms with E-state index >= 15 is 0 Å². The summed E-state index contributed by atoms with van der Waals surface area (Å²) in [7, 11) is 0. The van der Waals surface area contributed by atoms with E-state index in [4.69, 9.17) is 8.83 Å². The molecular formula is C65H39NO2. The Morgan fingerprint density at radius 3 is 1.68 bits per heavy atom. The summed E-state index contributed by atoms with van der Waals surface area (Å²) in [6, 6.07) is 86.2. The van der Waals surface area contributed by atoms with Gasteiger partial charge in [-0.25, -0.2) is 0 Å². The van der Waals surface area contributed by atoms with Crippen LogP contribution in [0.1, 0.15) is 22.3 Å². The molecule has 2 aliphatic rings. The highest BCUT2D eigenvalue weighted by molar-refractivity contribution is 6.24. The Morgan fingerprint density at radius 1 is 0.324 bits per heavy atom. The molecule has 0 bridgehead atoms. The third kappa shape index (κ3) is 5.07. The second kappa shape index (κ2) is 14.0. The van der Waals surface area contributed by atoms with Gasteiger partial charge in [0, 0.05) is 44.0 Å². The molecular weight excluding hydrogens is 827 g/mol. The molecule has 13 aromatic rings. The molecule has 2 aliphatic carbocycles. The highest BCUT2D eigenvalue weighted by Gasteiger charge is 2.51. The molecule has 2 heterocycles. The molecule has 15 rings (SSSR count). The van der Waals surface area contributed by atoms with Crippen LogP contribution in [0.5, 0.6) is 0 Å². The Hall–Kier alpha value is -8.92. The molecule has 316 valence electrons. The summed E-state index contributed by atoms with van der Waals surface area (Å²) < 4.78 is 13.8. The van der Waals surface area contributed by atoms with Gasteiger partial charge in [0.15, 0.2) is 0 Å². The molecule has 68 heavy (non-hydrogen) atoms. The van der Waals surface area contributed by atoms with E-state index in [1.807, 2.05) is 6.07 Å². The minimum absolute atomic E-state index is 0.485. The molecule has 0 aliphatic heterocycles. The van der Waals surface area contributed by atoms with Gasteiger partial charge in [-0.05, 0) is 121 Å². The minimum atomic E-state index is -0.485. The van der Waals surface area contributed by atoms with Gasteiger partial charge in [-0.3, -0.25) is 0 Å². The zero-order chi connectivity index (χ0) is 44.5. The maximum absolute atomic E-state index is 7.08. The number of hydrogen-bond donors (Lipinski definition) is 0. The number of nitrogens with zero attached hydrogens (tertiary/aromatic N) is 1. The lowest BCUT2D eigenvalue weighted by Crippen LogP contribution is -2.26. The Morgan fingerprint density at radius 2 is 0.912 bits per heavy atom. The summed E-state index contributed by atoms with van der Waals surface area (Å²) >= 11 is 0. The number of para-hydroxylation sites is 2. The van der Waals surface area contributed by atoms with Gasteiger partial charge in [0.2, 0.25) is 0 Å². The highest BCUT2D eigenvalue weighted by Crippen LogP contribution is 2.63. The first kappa shape index (κ1) is 37.3. The fraction of sp³-hybridized carbons (Fsp3) is 0.0154. The fourth-order valence-electron chi connectivity index (χ4n) is 12.0. The largest absolute Gasteiger partial charge is 0.456 e. The number of anilines is 3. The Labute approximate surface area is 392 Å². The van der Waals surface area contributed by atoms with Crippen molar-refractivity contribution in [3.63, 3.8) is 0 Å². The van der Waals surface area contributed by atoms with E-state index in [2.05, 4.69) is 235 Å². The van der Waals surface area contributed by atoms with Crippen LogP contribution in [0, 0.1) is 0 Å². The Bertz CT molecular complexity index is 4170. The SMILES string of the molecule is c1ccc(-c2ccccc2N(c2ccc3c(c2)C2(c4ccccc4-c4ccccc42)c2ccccc2-3)c2ccc3oc4c(-c5ccc6ccccc6c5)c5c(cc4c3c2)oc2ccccc25)cc1. The molecule has 0 N–H and O–H groups in total. The molecule has 11 aromatic carbocycles. The molecule has 0 fully saturated rings. The van der Waals surface area contributed by atoms with Gasteiger partial charge >= 0.3 is 0 Å². The van der Waals surface area contributed by atoms with Gasteiger partial charge in [0.05, 0.1) is 11.1 Å². The Balaban J connectivity index is 1.01. The van der Waals surface area contributed by atoms with Crippen LogP contribution >= 0.6 is 0 Å². The topological polar surface area (TPSA) is 29.5 Å². The van der Waals surface area contributed by atoms with Crippen molar-refractivity contribution in [3.8, 4) is 44.5 Å². The number of rotatable bonds is 5. The van der Waals surface area contributed by atoms with Crippen LogP contribution in [-0.4, -0.2) is 0 Å². The van der Waals surface area contributed by atoms with E-state index in [-0.39, 0.29) is 0 Å². The van der Waals surface area contributed by atoms with E-state index in [1.54, 1.807) is 0 Å². The number of hydrogen-bond acceptors (Lipinski definition) is 3. The monoisotopic (exact) mass is 865 g/mol. The van der Waals surface area contributed by atoms with Crippen molar-refractivity contribution in [2.75, 3.05) is 4.90 Å². The lowest BCUT2D eigenvalue weighted by molar-refractivity contribution is 0.664. The lowest BCUT2D eigenvalue weighted by atomic mass is 9.70. The van der Waals surface area contributed by atoms with Crippen molar-refractivity contribution >= 4 is 71.7 Å². The molecule has 0 saturated heterocycles. The standard InChI is InChI=1S/C65H39NO2/c1-2-17-41(18-3-1)46-20-9-14-28-58(46)66(45-32-34-50-49-23-8-13-27-56(49)65(57(50)38-45)54-25-11-6-21-47(54)48-22-7-12-26-55(48)65)44-33-35-60-52(37-44)53-39-61-63(51-24-10-15-29-59(51)67-61)62(64(53)68-60)43-31-30-40-16-4-5-19-42(40)36-43/h1-39H. The zero-order valence-corrected chi connectivity index (χ0v) is 36.8. The lowest BCUT2D eigenvalue weighted by Gasteiger charge is -2.32. The minimum Gasteiger partial charge on any atom is -0.456 e. The van der Waals surface area contributed by atoms with Gasteiger partial charge in [0.25, 0.3) is 0 Å². The predicted molar refractivity (Wildman–Crippen MR) is 280 cm³/mol. The molecule has 0 atom stereocenters. The van der Waals surface area contributed by atoms with Gasteiger partial charge in [-0.15, -0.1) is 0 Å². The first-order valence-corrected chi connectivity index (χ1v) is 23.4. The van der Waals surface area contributed by atoms with Crippen molar-refractivity contribution in [2.45, 2.75) is 5.41 Å². The third-order valence-corrected chi connectivity index (χ3v) is 14.9. The molecule has 3 nitrogen and oxygen atoms in total. The van der Waals surface area contributed by atoms with Gasteiger partial charge in [0.1, 0.15) is 22.3 Å². The van der Waals surface area contributed by atoms with E-state index in [9.17, 15) is 0 Å². The maximum Gasteiger partial charge on any atom is 0.144 e. The maximum atomic E-state index is 7.08. The quantitative estimate of drug-likeness (QED) is 0.173. The van der Waals surface area contributed by atoms with E-state index < -0.39 is 5.41 Å². The van der Waals surface area contributed by atoms with Crippen LogP contribution in [0.2, 0.25) is 0 Å². The number of furan rings is 2. The summed E-state index contributed by atoms with van der Waals surface area (Å²) in [4.78, 5) is 2.45. The van der Waals surface area contributed by atoms with E-state index in [0.29, 0.717) is 0 Å². The van der Waals surface area contributed by atoms with Crippen LogP contribution in [0.3, 0.4) is 0 Å².